The molecular weight excluding hydrogens is 372 g/mol. The Labute approximate surface area is 170 Å². The fourth-order valence-electron chi connectivity index (χ4n) is 3.56. The third-order valence-corrected chi connectivity index (χ3v) is 5.11. The number of fused-ring (bicyclic) bond motifs is 1. The molecule has 2 aromatic rings. The van der Waals surface area contributed by atoms with Gasteiger partial charge in [0.15, 0.2) is 17.2 Å². The summed E-state index contributed by atoms with van der Waals surface area (Å²) < 4.78 is 12.6. The Bertz CT molecular complexity index is 894. The van der Waals surface area contributed by atoms with E-state index in [9.17, 15) is 14.7 Å². The van der Waals surface area contributed by atoms with Crippen LogP contribution in [-0.4, -0.2) is 53.9 Å². The number of methoxy groups -OCH3 is 1. The minimum atomic E-state index is -0.646. The van der Waals surface area contributed by atoms with Crippen LogP contribution in [0.5, 0.6) is 11.5 Å². The smallest absolute Gasteiger partial charge is 0.274 e. The highest BCUT2D eigenvalue weighted by Crippen LogP contribution is 2.30. The monoisotopic (exact) mass is 400 g/mol. The van der Waals surface area contributed by atoms with E-state index in [0.29, 0.717) is 32.7 Å². The summed E-state index contributed by atoms with van der Waals surface area (Å²) in [5.41, 5.74) is 0.663. The third-order valence-electron chi connectivity index (χ3n) is 5.11. The van der Waals surface area contributed by atoms with Gasteiger partial charge in [-0.2, -0.15) is 0 Å². The zero-order valence-corrected chi connectivity index (χ0v) is 17.0. The lowest BCUT2D eigenvalue weighted by atomic mass is 10.0. The Balaban J connectivity index is 2.05. The van der Waals surface area contributed by atoms with Gasteiger partial charge in [0.25, 0.3) is 11.3 Å². The number of nitrogens with zero attached hydrogens (tertiary/aromatic N) is 2. The van der Waals surface area contributed by atoms with Gasteiger partial charge in [0.2, 0.25) is 0 Å². The Morgan fingerprint density at radius 1 is 1.17 bits per heavy atom. The predicted molar refractivity (Wildman–Crippen MR) is 110 cm³/mol. The Morgan fingerprint density at radius 2 is 1.93 bits per heavy atom. The number of ether oxygens (including phenoxy) is 2. The summed E-state index contributed by atoms with van der Waals surface area (Å²) in [7, 11) is 1.59. The first-order valence-electron chi connectivity index (χ1n) is 9.99. The second-order valence-electron chi connectivity index (χ2n) is 7.22. The van der Waals surface area contributed by atoms with Crippen molar-refractivity contribution in [1.82, 2.24) is 9.47 Å². The van der Waals surface area contributed by atoms with Gasteiger partial charge in [-0.25, -0.2) is 0 Å². The molecule has 0 aliphatic carbocycles. The van der Waals surface area contributed by atoms with Crippen molar-refractivity contribution >= 4 is 5.91 Å². The van der Waals surface area contributed by atoms with Gasteiger partial charge in [-0.15, -0.1) is 0 Å². The van der Waals surface area contributed by atoms with E-state index < -0.39 is 11.2 Å². The molecule has 0 bridgehead atoms. The molecule has 0 unspecified atom stereocenters. The first kappa shape index (κ1) is 20.9. The lowest BCUT2D eigenvalue weighted by Crippen LogP contribution is -2.46. The quantitative estimate of drug-likeness (QED) is 0.655. The number of pyridine rings is 1. The van der Waals surface area contributed by atoms with Crippen molar-refractivity contribution < 1.29 is 19.4 Å². The molecule has 0 saturated heterocycles. The SMILES string of the molecule is CCCCOc1c2n(cc(O)c1=O)[C@@H](Cc1ccccc1)CN(CCOC)C2=O. The number of unbranched alkanes of at least 4 members (excludes halogenated alkanes) is 1. The van der Waals surface area contributed by atoms with E-state index in [4.69, 9.17) is 9.47 Å². The van der Waals surface area contributed by atoms with Crippen LogP contribution in [0.15, 0.2) is 41.3 Å². The molecule has 1 aliphatic heterocycles. The molecule has 0 fully saturated rings. The standard InChI is InChI=1S/C22H28N2O5/c1-3-4-11-29-21-19-22(27)23(10-12-28-2)14-17(13-16-8-6-5-7-9-16)24(19)15-18(25)20(21)26/h5-9,15,17,25H,3-4,10-14H2,1-2H3/t17-/m0/s1. The molecule has 1 atom stereocenters. The molecule has 1 aromatic heterocycles. The van der Waals surface area contributed by atoms with Gasteiger partial charge in [-0.05, 0) is 18.4 Å². The van der Waals surface area contributed by atoms with Crippen LogP contribution in [0.1, 0.15) is 41.9 Å². The minimum absolute atomic E-state index is 0.0661. The van der Waals surface area contributed by atoms with Crippen LogP contribution in [0.25, 0.3) is 0 Å². The second-order valence-corrected chi connectivity index (χ2v) is 7.22. The number of aromatic nitrogens is 1. The van der Waals surface area contributed by atoms with E-state index in [0.717, 1.165) is 18.4 Å². The maximum absolute atomic E-state index is 13.2. The van der Waals surface area contributed by atoms with E-state index in [1.807, 2.05) is 37.3 Å². The van der Waals surface area contributed by atoms with Crippen molar-refractivity contribution in [3.05, 3.63) is 58.0 Å². The zero-order valence-electron chi connectivity index (χ0n) is 17.0. The predicted octanol–water partition coefficient (Wildman–Crippen LogP) is 2.62. The summed E-state index contributed by atoms with van der Waals surface area (Å²) in [6, 6.07) is 9.80. The molecule has 7 nitrogen and oxygen atoms in total. The van der Waals surface area contributed by atoms with Crippen molar-refractivity contribution in [2.75, 3.05) is 33.4 Å². The first-order valence-corrected chi connectivity index (χ1v) is 9.99. The van der Waals surface area contributed by atoms with E-state index in [2.05, 4.69) is 0 Å². The van der Waals surface area contributed by atoms with Crippen LogP contribution in [0.4, 0.5) is 0 Å². The van der Waals surface area contributed by atoms with E-state index in [1.165, 1.54) is 6.20 Å². The van der Waals surface area contributed by atoms with Crippen LogP contribution in [-0.2, 0) is 11.2 Å². The molecule has 0 radical (unpaired) electrons. The van der Waals surface area contributed by atoms with Crippen molar-refractivity contribution in [2.24, 2.45) is 0 Å². The maximum Gasteiger partial charge on any atom is 0.274 e. The van der Waals surface area contributed by atoms with Crippen molar-refractivity contribution in [1.29, 1.82) is 0 Å². The van der Waals surface area contributed by atoms with Gasteiger partial charge in [-0.3, -0.25) is 9.59 Å². The van der Waals surface area contributed by atoms with Crippen LogP contribution in [0.2, 0.25) is 0 Å². The van der Waals surface area contributed by atoms with Crippen molar-refractivity contribution in [3.63, 3.8) is 0 Å². The molecule has 1 aliphatic rings. The van der Waals surface area contributed by atoms with Gasteiger partial charge in [-0.1, -0.05) is 43.7 Å². The van der Waals surface area contributed by atoms with Gasteiger partial charge >= 0.3 is 0 Å². The zero-order chi connectivity index (χ0) is 20.8. The van der Waals surface area contributed by atoms with E-state index in [1.54, 1.807) is 16.6 Å². The van der Waals surface area contributed by atoms with Gasteiger partial charge in [0, 0.05) is 20.2 Å². The minimum Gasteiger partial charge on any atom is -0.503 e. The van der Waals surface area contributed by atoms with Gasteiger partial charge in [0.05, 0.1) is 25.5 Å². The highest BCUT2D eigenvalue weighted by atomic mass is 16.5. The molecule has 0 saturated carbocycles. The molecule has 29 heavy (non-hydrogen) atoms. The summed E-state index contributed by atoms with van der Waals surface area (Å²) in [6.45, 7) is 3.61. The summed E-state index contributed by atoms with van der Waals surface area (Å²) in [5.74, 6) is -0.755. The number of rotatable bonds is 9. The summed E-state index contributed by atoms with van der Waals surface area (Å²) in [5, 5.41) is 10.2. The lowest BCUT2D eigenvalue weighted by molar-refractivity contribution is 0.0589. The molecule has 1 aromatic carbocycles. The molecule has 3 rings (SSSR count). The normalized spacial score (nSPS) is 16.0. The molecule has 156 valence electrons. The summed E-state index contributed by atoms with van der Waals surface area (Å²) >= 11 is 0. The maximum atomic E-state index is 13.2. The van der Waals surface area contributed by atoms with E-state index >= 15 is 0 Å². The van der Waals surface area contributed by atoms with Crippen LogP contribution in [0.3, 0.4) is 0 Å². The number of benzene rings is 1. The molecule has 1 amide bonds. The molecule has 7 heteroatoms. The third kappa shape index (κ3) is 4.62. The average Bonchev–Trinajstić information content (AvgIpc) is 2.73. The van der Waals surface area contributed by atoms with Crippen molar-refractivity contribution in [2.45, 2.75) is 32.2 Å². The lowest BCUT2D eigenvalue weighted by Gasteiger charge is -2.36. The number of aromatic hydroxyl groups is 1. The van der Waals surface area contributed by atoms with E-state index in [-0.39, 0.29) is 23.4 Å². The molecule has 2 heterocycles. The highest BCUT2D eigenvalue weighted by molar-refractivity contribution is 5.96. The second kappa shape index (κ2) is 9.60. The Kier molecular flexibility index (Phi) is 6.93. The molecule has 0 spiro atoms. The number of hydrogen-bond acceptors (Lipinski definition) is 5. The Hall–Kier alpha value is -2.80. The summed E-state index contributed by atoms with van der Waals surface area (Å²) in [4.78, 5) is 27.5. The number of carbonyl (C=O) groups is 1. The Morgan fingerprint density at radius 3 is 2.62 bits per heavy atom. The number of carbonyl (C=O) groups excluding carboxylic acids is 1. The van der Waals surface area contributed by atoms with Crippen LogP contribution < -0.4 is 10.2 Å². The van der Waals surface area contributed by atoms with Crippen molar-refractivity contribution in [3.8, 4) is 11.5 Å². The van der Waals surface area contributed by atoms with Crippen LogP contribution >= 0.6 is 0 Å². The number of hydrogen-bond donors (Lipinski definition) is 1. The van der Waals surface area contributed by atoms with Gasteiger partial charge in [0.1, 0.15) is 0 Å². The highest BCUT2D eigenvalue weighted by Gasteiger charge is 2.35. The van der Waals surface area contributed by atoms with Gasteiger partial charge < -0.3 is 24.0 Å². The first-order chi connectivity index (χ1) is 14.1. The fraction of sp³-hybridized carbons (Fsp3) is 0.455. The molecular formula is C22H28N2O5. The fourth-order valence-corrected chi connectivity index (χ4v) is 3.56. The molecule has 1 N–H and O–H groups in total. The topological polar surface area (TPSA) is 81.0 Å². The number of amides is 1. The van der Waals surface area contributed by atoms with Crippen LogP contribution in [0, 0.1) is 0 Å². The largest absolute Gasteiger partial charge is 0.503 e. The average molecular weight is 400 g/mol. The summed E-state index contributed by atoms with van der Waals surface area (Å²) in [6.07, 6.45) is 3.67.